The second-order valence-electron chi connectivity index (χ2n) is 6.40. The van der Waals surface area contributed by atoms with Gasteiger partial charge in [-0.15, -0.1) is 11.3 Å². The van der Waals surface area contributed by atoms with Gasteiger partial charge in [0.1, 0.15) is 10.7 Å². The summed E-state index contributed by atoms with van der Waals surface area (Å²) in [5.41, 5.74) is 1.03. The molecule has 146 valence electrons. The van der Waals surface area contributed by atoms with E-state index in [1.165, 1.54) is 11.3 Å². The van der Waals surface area contributed by atoms with E-state index in [0.29, 0.717) is 34.5 Å². The summed E-state index contributed by atoms with van der Waals surface area (Å²) >= 11 is 7.34. The van der Waals surface area contributed by atoms with E-state index in [4.69, 9.17) is 11.6 Å². The van der Waals surface area contributed by atoms with Crippen molar-refractivity contribution in [3.8, 4) is 0 Å². The number of nitrogens with one attached hydrogen (secondary N) is 2. The van der Waals surface area contributed by atoms with Gasteiger partial charge >= 0.3 is 6.03 Å². The lowest BCUT2D eigenvalue weighted by Crippen LogP contribution is -2.39. The molecule has 2 N–H and O–H groups in total. The molecule has 0 saturated carbocycles. The second-order valence-corrected chi connectivity index (χ2v) is 7.78. The van der Waals surface area contributed by atoms with Crippen LogP contribution in [0.25, 0.3) is 0 Å². The third-order valence-corrected chi connectivity index (χ3v) is 4.93. The molecule has 0 bridgehead atoms. The van der Waals surface area contributed by atoms with Gasteiger partial charge in [0.15, 0.2) is 0 Å². The number of thiazole rings is 1. The van der Waals surface area contributed by atoms with Crippen LogP contribution in [-0.4, -0.2) is 34.4 Å². The highest BCUT2D eigenvalue weighted by Gasteiger charge is 2.20. The lowest BCUT2D eigenvalue weighted by molar-refractivity contribution is 0.0948. The number of carbonyl (C=O) groups is 2. The molecule has 8 heteroatoms. The van der Waals surface area contributed by atoms with Gasteiger partial charge in [-0.1, -0.05) is 31.0 Å². The fourth-order valence-electron chi connectivity index (χ4n) is 2.35. The number of carbonyl (C=O) groups excluding carboxylic acids is 2. The highest BCUT2D eigenvalue weighted by Crippen LogP contribution is 2.18. The van der Waals surface area contributed by atoms with Crippen molar-refractivity contribution in [2.75, 3.05) is 11.9 Å². The normalized spacial score (nSPS) is 10.7. The largest absolute Gasteiger partial charge is 0.351 e. The number of nitrogens with zero attached hydrogens (tertiary/aromatic N) is 2. The molecule has 0 saturated heterocycles. The minimum Gasteiger partial charge on any atom is -0.351 e. The molecule has 0 fully saturated rings. The maximum Gasteiger partial charge on any atom is 0.322 e. The number of anilines is 1. The van der Waals surface area contributed by atoms with Gasteiger partial charge in [-0.2, -0.15) is 0 Å². The number of amides is 3. The Labute approximate surface area is 168 Å². The molecule has 0 aliphatic carbocycles. The standard InChI is InChI=1S/C19H25ClN4O2S/c1-4-5-9-21-18(25)16-12-27-17(23-16)11-24(13(2)3)19(26)22-15-8-6-7-14(20)10-15/h6-8,10,12-13H,4-5,9,11H2,1-3H3,(H,21,25)(H,22,26). The molecule has 1 heterocycles. The van der Waals surface area contributed by atoms with Crippen LogP contribution < -0.4 is 10.6 Å². The van der Waals surface area contributed by atoms with E-state index >= 15 is 0 Å². The summed E-state index contributed by atoms with van der Waals surface area (Å²) in [5, 5.41) is 8.70. The van der Waals surface area contributed by atoms with E-state index in [2.05, 4.69) is 22.5 Å². The summed E-state index contributed by atoms with van der Waals surface area (Å²) in [6.07, 6.45) is 1.96. The molecular formula is C19H25ClN4O2S. The SMILES string of the molecule is CCCCNC(=O)c1csc(CN(C(=O)Nc2cccc(Cl)c2)C(C)C)n1. The summed E-state index contributed by atoms with van der Waals surface area (Å²) in [6, 6.07) is 6.73. The van der Waals surface area contributed by atoms with Gasteiger partial charge in [0, 0.05) is 28.7 Å². The van der Waals surface area contributed by atoms with Crippen LogP contribution in [-0.2, 0) is 6.54 Å². The van der Waals surface area contributed by atoms with Gasteiger partial charge in [-0.05, 0) is 38.5 Å². The third-order valence-electron chi connectivity index (χ3n) is 3.87. The number of hydrogen-bond donors (Lipinski definition) is 2. The molecule has 0 aliphatic heterocycles. The summed E-state index contributed by atoms with van der Waals surface area (Å²) in [7, 11) is 0. The van der Waals surface area contributed by atoms with E-state index in [9.17, 15) is 9.59 Å². The Morgan fingerprint density at radius 2 is 2.11 bits per heavy atom. The van der Waals surface area contributed by atoms with E-state index < -0.39 is 0 Å². The summed E-state index contributed by atoms with van der Waals surface area (Å²) in [4.78, 5) is 30.8. The van der Waals surface area contributed by atoms with Gasteiger partial charge in [0.2, 0.25) is 0 Å². The minimum atomic E-state index is -0.239. The Hall–Kier alpha value is -2.12. The predicted octanol–water partition coefficient (Wildman–Crippen LogP) is 4.77. The van der Waals surface area contributed by atoms with Crippen molar-refractivity contribution in [1.29, 1.82) is 0 Å². The lowest BCUT2D eigenvalue weighted by Gasteiger charge is -2.26. The smallest absolute Gasteiger partial charge is 0.322 e. The fraction of sp³-hybridized carbons (Fsp3) is 0.421. The number of urea groups is 1. The first-order chi connectivity index (χ1) is 12.9. The van der Waals surface area contributed by atoms with E-state index in [1.807, 2.05) is 13.8 Å². The molecule has 27 heavy (non-hydrogen) atoms. The van der Waals surface area contributed by atoms with Gasteiger partial charge < -0.3 is 15.5 Å². The monoisotopic (exact) mass is 408 g/mol. The third kappa shape index (κ3) is 6.52. The average Bonchev–Trinajstić information content (AvgIpc) is 3.08. The number of aromatic nitrogens is 1. The number of unbranched alkanes of at least 4 members (excludes halogenated alkanes) is 1. The Morgan fingerprint density at radius 1 is 1.33 bits per heavy atom. The first-order valence-corrected chi connectivity index (χ1v) is 10.2. The quantitative estimate of drug-likeness (QED) is 0.618. The van der Waals surface area contributed by atoms with Crippen LogP contribution in [0.3, 0.4) is 0 Å². The average molecular weight is 409 g/mol. The van der Waals surface area contributed by atoms with Gasteiger partial charge in [-0.3, -0.25) is 4.79 Å². The highest BCUT2D eigenvalue weighted by atomic mass is 35.5. The molecular weight excluding hydrogens is 384 g/mol. The molecule has 0 radical (unpaired) electrons. The Kier molecular flexibility index (Phi) is 8.06. The molecule has 3 amide bonds. The maximum absolute atomic E-state index is 12.7. The molecule has 0 atom stereocenters. The molecule has 2 aromatic rings. The van der Waals surface area contributed by atoms with Gasteiger partial charge in [-0.25, -0.2) is 9.78 Å². The first-order valence-electron chi connectivity index (χ1n) is 8.96. The zero-order chi connectivity index (χ0) is 19.8. The lowest BCUT2D eigenvalue weighted by atomic mass is 10.3. The number of hydrogen-bond acceptors (Lipinski definition) is 4. The van der Waals surface area contributed by atoms with Crippen molar-refractivity contribution in [1.82, 2.24) is 15.2 Å². The van der Waals surface area contributed by atoms with Crippen LogP contribution in [0.4, 0.5) is 10.5 Å². The van der Waals surface area contributed by atoms with Crippen LogP contribution in [0.15, 0.2) is 29.6 Å². The summed E-state index contributed by atoms with van der Waals surface area (Å²) < 4.78 is 0. The Balaban J connectivity index is 2.01. The molecule has 1 aromatic heterocycles. The van der Waals surface area contributed by atoms with Crippen molar-refractivity contribution in [3.63, 3.8) is 0 Å². The van der Waals surface area contributed by atoms with Gasteiger partial charge in [0.05, 0.1) is 6.54 Å². The van der Waals surface area contributed by atoms with Crippen molar-refractivity contribution in [2.45, 2.75) is 46.2 Å². The Morgan fingerprint density at radius 3 is 2.78 bits per heavy atom. The van der Waals surface area contributed by atoms with Crippen molar-refractivity contribution in [2.24, 2.45) is 0 Å². The molecule has 2 rings (SSSR count). The zero-order valence-corrected chi connectivity index (χ0v) is 17.4. The van der Waals surface area contributed by atoms with Crippen LogP contribution in [0, 0.1) is 0 Å². The molecule has 0 spiro atoms. The number of halogens is 1. The second kappa shape index (κ2) is 10.3. The maximum atomic E-state index is 12.7. The van der Waals surface area contributed by atoms with Gasteiger partial charge in [0.25, 0.3) is 5.91 Å². The summed E-state index contributed by atoms with van der Waals surface area (Å²) in [6.45, 7) is 6.91. The molecule has 1 aromatic carbocycles. The van der Waals surface area contributed by atoms with E-state index in [-0.39, 0.29) is 18.0 Å². The number of rotatable bonds is 8. The predicted molar refractivity (Wildman–Crippen MR) is 111 cm³/mol. The zero-order valence-electron chi connectivity index (χ0n) is 15.8. The number of benzene rings is 1. The van der Waals surface area contributed by atoms with Crippen LogP contribution in [0.2, 0.25) is 5.02 Å². The Bertz CT molecular complexity index is 779. The van der Waals surface area contributed by atoms with Crippen LogP contribution in [0.1, 0.15) is 49.1 Å². The highest BCUT2D eigenvalue weighted by molar-refractivity contribution is 7.09. The first kappa shape index (κ1) is 21.2. The van der Waals surface area contributed by atoms with Crippen LogP contribution >= 0.6 is 22.9 Å². The molecule has 0 unspecified atom stereocenters. The van der Waals surface area contributed by atoms with Crippen molar-refractivity contribution < 1.29 is 9.59 Å². The van der Waals surface area contributed by atoms with Crippen molar-refractivity contribution >= 4 is 40.6 Å². The van der Waals surface area contributed by atoms with E-state index in [1.54, 1.807) is 34.5 Å². The molecule has 6 nitrogen and oxygen atoms in total. The molecule has 0 aliphatic rings. The minimum absolute atomic E-state index is 0.0325. The summed E-state index contributed by atoms with van der Waals surface area (Å²) in [5.74, 6) is -0.176. The topological polar surface area (TPSA) is 74.3 Å². The van der Waals surface area contributed by atoms with E-state index in [0.717, 1.165) is 12.8 Å². The van der Waals surface area contributed by atoms with Crippen LogP contribution in [0.5, 0.6) is 0 Å². The van der Waals surface area contributed by atoms with Crippen molar-refractivity contribution in [3.05, 3.63) is 45.4 Å². The fourth-order valence-corrected chi connectivity index (χ4v) is 3.32.